The molecule has 0 saturated carbocycles. The molecule has 3 N–H and O–H groups in total. The molecule has 3 aromatic heterocycles. The molecule has 152 valence electrons. The van der Waals surface area contributed by atoms with E-state index in [0.29, 0.717) is 44.9 Å². The topological polar surface area (TPSA) is 124 Å². The fraction of sp³-hybridized carbons (Fsp3) is 0.182. The number of anilines is 1. The van der Waals surface area contributed by atoms with Crippen molar-refractivity contribution in [1.29, 1.82) is 0 Å². The molecule has 0 aliphatic rings. The number of nitrogens with zero attached hydrogens (tertiary/aromatic N) is 2. The molecule has 0 fully saturated rings. The summed E-state index contributed by atoms with van der Waals surface area (Å²) in [6.45, 7) is 7.19. The highest BCUT2D eigenvalue weighted by molar-refractivity contribution is 6.13. The van der Waals surface area contributed by atoms with Crippen LogP contribution in [0.25, 0.3) is 22.4 Å². The van der Waals surface area contributed by atoms with E-state index < -0.39 is 5.91 Å². The molecule has 1 aromatic carbocycles. The van der Waals surface area contributed by atoms with Crippen molar-refractivity contribution in [2.24, 2.45) is 5.73 Å². The van der Waals surface area contributed by atoms with E-state index in [1.54, 1.807) is 38.1 Å². The van der Waals surface area contributed by atoms with Crippen molar-refractivity contribution >= 4 is 28.6 Å². The molecule has 0 radical (unpaired) electrons. The normalized spacial score (nSPS) is 11.1. The Balaban J connectivity index is 1.78. The molecule has 3 heterocycles. The predicted octanol–water partition coefficient (Wildman–Crippen LogP) is 4.07. The summed E-state index contributed by atoms with van der Waals surface area (Å²) >= 11 is 0. The summed E-state index contributed by atoms with van der Waals surface area (Å²) in [6.07, 6.45) is 0. The molecule has 8 heteroatoms. The van der Waals surface area contributed by atoms with Crippen LogP contribution in [0.15, 0.2) is 39.3 Å². The van der Waals surface area contributed by atoms with Gasteiger partial charge in [-0.1, -0.05) is 5.16 Å². The maximum Gasteiger partial charge on any atom is 0.259 e. The van der Waals surface area contributed by atoms with Crippen molar-refractivity contribution in [3.8, 4) is 11.3 Å². The predicted molar refractivity (Wildman–Crippen MR) is 111 cm³/mol. The van der Waals surface area contributed by atoms with Crippen LogP contribution in [0.1, 0.15) is 43.5 Å². The average molecular weight is 404 g/mol. The van der Waals surface area contributed by atoms with Crippen LogP contribution in [0, 0.1) is 27.7 Å². The summed E-state index contributed by atoms with van der Waals surface area (Å²) in [5.41, 5.74) is 9.52. The second-order valence-electron chi connectivity index (χ2n) is 7.18. The summed E-state index contributed by atoms with van der Waals surface area (Å²) < 4.78 is 10.9. The maximum absolute atomic E-state index is 13.2. The number of nitrogens with one attached hydrogen (secondary N) is 1. The summed E-state index contributed by atoms with van der Waals surface area (Å²) in [7, 11) is 0. The molecule has 0 aliphatic carbocycles. The van der Waals surface area contributed by atoms with E-state index in [9.17, 15) is 9.59 Å². The lowest BCUT2D eigenvalue weighted by atomic mass is 10.0. The Kier molecular flexibility index (Phi) is 4.62. The quantitative estimate of drug-likeness (QED) is 0.528. The lowest BCUT2D eigenvalue weighted by Crippen LogP contribution is -2.15. The lowest BCUT2D eigenvalue weighted by molar-refractivity contribution is 0.0998. The van der Waals surface area contributed by atoms with Gasteiger partial charge >= 0.3 is 0 Å². The van der Waals surface area contributed by atoms with Crippen LogP contribution in [0.5, 0.6) is 0 Å². The largest absolute Gasteiger partial charge is 0.466 e. The first-order valence-corrected chi connectivity index (χ1v) is 9.31. The maximum atomic E-state index is 13.2. The minimum absolute atomic E-state index is 0.272. The standard InChI is InChI=1S/C22H20N4O4/c1-10-7-14(5-6-15(10)20(23)27)24-21(28)17-9-18(16-8-11(2)29-13(16)4)25-22-19(17)12(3)26-30-22/h5-9H,1-4H3,(H2,23,27)(H,24,28). The monoisotopic (exact) mass is 404 g/mol. The average Bonchev–Trinajstić information content (AvgIpc) is 3.22. The van der Waals surface area contributed by atoms with Crippen molar-refractivity contribution in [2.45, 2.75) is 27.7 Å². The lowest BCUT2D eigenvalue weighted by Gasteiger charge is -2.10. The highest BCUT2D eigenvalue weighted by atomic mass is 16.5. The van der Waals surface area contributed by atoms with Crippen LogP contribution >= 0.6 is 0 Å². The van der Waals surface area contributed by atoms with E-state index in [1.165, 1.54) is 0 Å². The summed E-state index contributed by atoms with van der Waals surface area (Å²) in [5.74, 6) is 0.574. The molecule has 30 heavy (non-hydrogen) atoms. The Morgan fingerprint density at radius 1 is 1.03 bits per heavy atom. The van der Waals surface area contributed by atoms with E-state index in [2.05, 4.69) is 15.5 Å². The van der Waals surface area contributed by atoms with Gasteiger partial charge in [-0.25, -0.2) is 4.98 Å². The first-order chi connectivity index (χ1) is 14.2. The number of carbonyl (C=O) groups is 2. The molecule has 2 amide bonds. The van der Waals surface area contributed by atoms with Gasteiger partial charge in [-0.3, -0.25) is 9.59 Å². The number of pyridine rings is 1. The summed E-state index contributed by atoms with van der Waals surface area (Å²) in [4.78, 5) is 29.1. The molecule has 4 rings (SSSR count). The number of hydrogen-bond acceptors (Lipinski definition) is 6. The van der Waals surface area contributed by atoms with Gasteiger partial charge in [-0.2, -0.15) is 0 Å². The van der Waals surface area contributed by atoms with E-state index >= 15 is 0 Å². The number of rotatable bonds is 4. The Labute approximate surface area is 172 Å². The third-order valence-electron chi connectivity index (χ3n) is 4.93. The van der Waals surface area contributed by atoms with Crippen molar-refractivity contribution < 1.29 is 18.5 Å². The fourth-order valence-electron chi connectivity index (χ4n) is 3.51. The van der Waals surface area contributed by atoms with Crippen molar-refractivity contribution in [3.05, 3.63) is 64.2 Å². The number of aryl methyl sites for hydroxylation is 4. The van der Waals surface area contributed by atoms with Gasteiger partial charge < -0.3 is 20.0 Å². The van der Waals surface area contributed by atoms with Crippen molar-refractivity contribution in [2.75, 3.05) is 5.32 Å². The zero-order valence-corrected chi connectivity index (χ0v) is 17.0. The number of benzene rings is 1. The van der Waals surface area contributed by atoms with Crippen molar-refractivity contribution in [1.82, 2.24) is 10.1 Å². The highest BCUT2D eigenvalue weighted by Gasteiger charge is 2.21. The molecule has 0 aliphatic heterocycles. The van der Waals surface area contributed by atoms with Gasteiger partial charge in [0, 0.05) is 16.8 Å². The van der Waals surface area contributed by atoms with Crippen LogP contribution < -0.4 is 11.1 Å². The molecule has 0 bridgehead atoms. The van der Waals surface area contributed by atoms with Crippen LogP contribution in [-0.4, -0.2) is 22.0 Å². The third-order valence-corrected chi connectivity index (χ3v) is 4.93. The third kappa shape index (κ3) is 3.32. The number of hydrogen-bond donors (Lipinski definition) is 2. The zero-order chi connectivity index (χ0) is 21.6. The van der Waals surface area contributed by atoms with E-state index in [-0.39, 0.29) is 11.6 Å². The Hall–Kier alpha value is -3.94. The van der Waals surface area contributed by atoms with E-state index in [4.69, 9.17) is 14.7 Å². The fourth-order valence-corrected chi connectivity index (χ4v) is 3.51. The number of aromatic nitrogens is 2. The smallest absolute Gasteiger partial charge is 0.259 e. The second kappa shape index (κ2) is 7.14. The Morgan fingerprint density at radius 3 is 2.43 bits per heavy atom. The van der Waals surface area contributed by atoms with Gasteiger partial charge in [0.1, 0.15) is 11.5 Å². The molecular formula is C22H20N4O4. The summed E-state index contributed by atoms with van der Waals surface area (Å²) in [5, 5.41) is 7.36. The molecule has 0 atom stereocenters. The van der Waals surface area contributed by atoms with Gasteiger partial charge in [0.25, 0.3) is 11.6 Å². The highest BCUT2D eigenvalue weighted by Crippen LogP contribution is 2.31. The minimum atomic E-state index is -0.517. The van der Waals surface area contributed by atoms with Crippen molar-refractivity contribution in [3.63, 3.8) is 0 Å². The number of primary amides is 1. The Morgan fingerprint density at radius 2 is 1.80 bits per heavy atom. The zero-order valence-electron chi connectivity index (χ0n) is 17.0. The van der Waals surface area contributed by atoms with Gasteiger partial charge in [-0.15, -0.1) is 0 Å². The molecule has 4 aromatic rings. The molecule has 0 spiro atoms. The SMILES string of the molecule is Cc1cc(-c2cc(C(=O)Nc3ccc(C(N)=O)c(C)c3)c3c(C)noc3n2)c(C)o1. The van der Waals surface area contributed by atoms with Gasteiger partial charge in [-0.05, 0) is 63.6 Å². The van der Waals surface area contributed by atoms with Crippen LogP contribution in [0.2, 0.25) is 0 Å². The first kappa shape index (κ1) is 19.4. The molecule has 0 saturated heterocycles. The van der Waals surface area contributed by atoms with E-state index in [0.717, 1.165) is 11.3 Å². The number of amides is 2. The van der Waals surface area contributed by atoms with Gasteiger partial charge in [0.2, 0.25) is 5.91 Å². The number of fused-ring (bicyclic) bond motifs is 1. The molecule has 8 nitrogen and oxygen atoms in total. The first-order valence-electron chi connectivity index (χ1n) is 9.31. The molecule has 0 unspecified atom stereocenters. The van der Waals surface area contributed by atoms with Crippen LogP contribution in [-0.2, 0) is 0 Å². The van der Waals surface area contributed by atoms with Crippen LogP contribution in [0.3, 0.4) is 0 Å². The van der Waals surface area contributed by atoms with Gasteiger partial charge in [0.15, 0.2) is 0 Å². The number of carbonyl (C=O) groups excluding carboxylic acids is 2. The number of furan rings is 1. The molecular weight excluding hydrogens is 384 g/mol. The summed E-state index contributed by atoms with van der Waals surface area (Å²) in [6, 6.07) is 8.48. The van der Waals surface area contributed by atoms with Crippen LogP contribution in [0.4, 0.5) is 5.69 Å². The minimum Gasteiger partial charge on any atom is -0.466 e. The Bertz CT molecular complexity index is 1320. The van der Waals surface area contributed by atoms with E-state index in [1.807, 2.05) is 19.9 Å². The second-order valence-corrected chi connectivity index (χ2v) is 7.18. The number of nitrogens with two attached hydrogens (primary N) is 1. The van der Waals surface area contributed by atoms with Gasteiger partial charge in [0.05, 0.1) is 22.3 Å².